The van der Waals surface area contributed by atoms with E-state index >= 15 is 0 Å². The quantitative estimate of drug-likeness (QED) is 0.517. The standard InChI is InChI=1S/C27H30FN3O2S/c1-17-6-4-5-7-22(17)16-29-25(32)18(2)20-12-14-31(15-13-20)27(33)24-19(3)30-26(34-24)21-8-10-23(28)11-9-21/h4-11,18,20H,12-16H2,1-3H3,(H,29,32)/t18-/m1/s1. The van der Waals surface area contributed by atoms with Crippen LogP contribution in [0.2, 0.25) is 0 Å². The third-order valence-corrected chi connectivity index (χ3v) is 7.94. The molecule has 1 saturated heterocycles. The number of nitrogens with zero attached hydrogens (tertiary/aromatic N) is 2. The molecule has 1 atom stereocenters. The molecule has 0 bridgehead atoms. The first-order valence-corrected chi connectivity index (χ1v) is 12.5. The summed E-state index contributed by atoms with van der Waals surface area (Å²) in [5.74, 6) is -0.0993. The monoisotopic (exact) mass is 479 g/mol. The third-order valence-electron chi connectivity index (χ3n) is 6.74. The average molecular weight is 480 g/mol. The number of carbonyl (C=O) groups excluding carboxylic acids is 2. The molecule has 0 unspecified atom stereocenters. The van der Waals surface area contributed by atoms with E-state index in [1.165, 1.54) is 29.0 Å². The van der Waals surface area contributed by atoms with Crippen LogP contribution in [0.5, 0.6) is 0 Å². The number of nitrogens with one attached hydrogen (secondary N) is 1. The van der Waals surface area contributed by atoms with Crippen molar-refractivity contribution in [2.75, 3.05) is 13.1 Å². The van der Waals surface area contributed by atoms with E-state index in [1.807, 2.05) is 49.9 Å². The maximum Gasteiger partial charge on any atom is 0.265 e. The van der Waals surface area contributed by atoms with Gasteiger partial charge in [0.05, 0.1) is 5.69 Å². The van der Waals surface area contributed by atoms with Crippen molar-refractivity contribution in [3.05, 3.63) is 76.0 Å². The summed E-state index contributed by atoms with van der Waals surface area (Å²) in [4.78, 5) is 33.0. The number of carbonyl (C=O) groups is 2. The van der Waals surface area contributed by atoms with Gasteiger partial charge in [-0.15, -0.1) is 11.3 Å². The zero-order valence-corrected chi connectivity index (χ0v) is 20.6. The van der Waals surface area contributed by atoms with E-state index in [1.54, 1.807) is 12.1 Å². The average Bonchev–Trinajstić information content (AvgIpc) is 3.24. The number of hydrogen-bond donors (Lipinski definition) is 1. The zero-order valence-electron chi connectivity index (χ0n) is 19.8. The molecule has 0 spiro atoms. The molecular weight excluding hydrogens is 449 g/mol. The molecule has 178 valence electrons. The number of aryl methyl sites for hydroxylation is 2. The Bertz CT molecular complexity index is 1170. The van der Waals surface area contributed by atoms with E-state index in [-0.39, 0.29) is 29.5 Å². The maximum atomic E-state index is 13.2. The molecule has 34 heavy (non-hydrogen) atoms. The van der Waals surface area contributed by atoms with Crippen molar-refractivity contribution in [3.63, 3.8) is 0 Å². The summed E-state index contributed by atoms with van der Waals surface area (Å²) >= 11 is 1.35. The summed E-state index contributed by atoms with van der Waals surface area (Å²) in [6.07, 6.45) is 1.60. The maximum absolute atomic E-state index is 13.2. The van der Waals surface area contributed by atoms with Crippen molar-refractivity contribution in [3.8, 4) is 10.6 Å². The van der Waals surface area contributed by atoms with Crippen LogP contribution in [-0.4, -0.2) is 34.8 Å². The first-order valence-electron chi connectivity index (χ1n) is 11.7. The van der Waals surface area contributed by atoms with Gasteiger partial charge in [-0.1, -0.05) is 31.2 Å². The summed E-state index contributed by atoms with van der Waals surface area (Å²) < 4.78 is 13.2. The summed E-state index contributed by atoms with van der Waals surface area (Å²) in [6.45, 7) is 7.66. The number of halogens is 1. The Labute approximate surface area is 204 Å². The van der Waals surface area contributed by atoms with Gasteiger partial charge >= 0.3 is 0 Å². The van der Waals surface area contributed by atoms with Crippen LogP contribution < -0.4 is 5.32 Å². The number of amides is 2. The lowest BCUT2D eigenvalue weighted by Gasteiger charge is -2.34. The van der Waals surface area contributed by atoms with E-state index < -0.39 is 0 Å². The number of rotatable bonds is 6. The Kier molecular flexibility index (Phi) is 7.41. The van der Waals surface area contributed by atoms with Gasteiger partial charge in [-0.2, -0.15) is 0 Å². The number of hydrogen-bond acceptors (Lipinski definition) is 4. The molecule has 1 fully saturated rings. The molecule has 1 N–H and O–H groups in total. The number of aromatic nitrogens is 1. The van der Waals surface area contributed by atoms with E-state index in [9.17, 15) is 14.0 Å². The molecule has 1 aromatic heterocycles. The fourth-order valence-corrected chi connectivity index (χ4v) is 5.46. The molecular formula is C27H30FN3O2S. The van der Waals surface area contributed by atoms with Crippen molar-refractivity contribution in [1.29, 1.82) is 0 Å². The fraction of sp³-hybridized carbons (Fsp3) is 0.370. The third kappa shape index (κ3) is 5.36. The predicted octanol–water partition coefficient (Wildman–Crippen LogP) is 5.37. The fourth-order valence-electron chi connectivity index (χ4n) is 4.42. The van der Waals surface area contributed by atoms with E-state index in [0.717, 1.165) is 29.0 Å². The Hall–Kier alpha value is -3.06. The summed E-state index contributed by atoms with van der Waals surface area (Å²) in [5, 5.41) is 3.79. The minimum Gasteiger partial charge on any atom is -0.352 e. The number of piperidine rings is 1. The summed E-state index contributed by atoms with van der Waals surface area (Å²) in [5.41, 5.74) is 3.80. The van der Waals surface area contributed by atoms with Gasteiger partial charge in [-0.3, -0.25) is 9.59 Å². The van der Waals surface area contributed by atoms with Gasteiger partial charge in [0, 0.05) is 31.1 Å². The van der Waals surface area contributed by atoms with E-state index in [4.69, 9.17) is 0 Å². The Morgan fingerprint density at radius 3 is 2.47 bits per heavy atom. The van der Waals surface area contributed by atoms with Gasteiger partial charge in [-0.25, -0.2) is 9.37 Å². The lowest BCUT2D eigenvalue weighted by molar-refractivity contribution is -0.126. The predicted molar refractivity (Wildman–Crippen MR) is 133 cm³/mol. The highest BCUT2D eigenvalue weighted by Crippen LogP contribution is 2.31. The van der Waals surface area contributed by atoms with Crippen LogP contribution >= 0.6 is 11.3 Å². The smallest absolute Gasteiger partial charge is 0.265 e. The summed E-state index contributed by atoms with van der Waals surface area (Å²) in [6, 6.07) is 14.2. The van der Waals surface area contributed by atoms with Crippen molar-refractivity contribution in [1.82, 2.24) is 15.2 Å². The molecule has 2 heterocycles. The van der Waals surface area contributed by atoms with Crippen molar-refractivity contribution in [2.45, 2.75) is 40.2 Å². The van der Waals surface area contributed by atoms with E-state index in [0.29, 0.717) is 30.2 Å². The first kappa shape index (κ1) is 24.1. The normalized spacial score (nSPS) is 15.2. The van der Waals surface area contributed by atoms with Gasteiger partial charge in [0.1, 0.15) is 15.7 Å². The molecule has 0 saturated carbocycles. The molecule has 3 aromatic rings. The second-order valence-corrected chi connectivity index (χ2v) is 10.0. The zero-order chi connectivity index (χ0) is 24.2. The highest BCUT2D eigenvalue weighted by Gasteiger charge is 2.31. The van der Waals surface area contributed by atoms with Crippen LogP contribution in [0.4, 0.5) is 4.39 Å². The van der Waals surface area contributed by atoms with Crippen LogP contribution in [-0.2, 0) is 11.3 Å². The highest BCUT2D eigenvalue weighted by atomic mass is 32.1. The minimum absolute atomic E-state index is 0.0153. The van der Waals surface area contributed by atoms with Crippen molar-refractivity contribution < 1.29 is 14.0 Å². The second-order valence-electron chi connectivity index (χ2n) is 9.00. The Balaban J connectivity index is 1.32. The lowest BCUT2D eigenvalue weighted by Crippen LogP contribution is -2.42. The number of thiazole rings is 1. The molecule has 1 aliphatic heterocycles. The van der Waals surface area contributed by atoms with E-state index in [2.05, 4.69) is 10.3 Å². The molecule has 0 radical (unpaired) electrons. The number of benzene rings is 2. The van der Waals surface area contributed by atoms with Gasteiger partial charge in [0.25, 0.3) is 5.91 Å². The second kappa shape index (κ2) is 10.5. The summed E-state index contributed by atoms with van der Waals surface area (Å²) in [7, 11) is 0. The largest absolute Gasteiger partial charge is 0.352 e. The number of likely N-dealkylation sites (tertiary alicyclic amines) is 1. The minimum atomic E-state index is -0.297. The first-order chi connectivity index (χ1) is 16.3. The molecule has 4 rings (SSSR count). The van der Waals surface area contributed by atoms with Crippen LogP contribution in [0.1, 0.15) is 46.3 Å². The molecule has 5 nitrogen and oxygen atoms in total. The molecule has 2 amide bonds. The lowest BCUT2D eigenvalue weighted by atomic mass is 9.84. The van der Waals surface area contributed by atoms with Crippen LogP contribution in [0.15, 0.2) is 48.5 Å². The van der Waals surface area contributed by atoms with Crippen molar-refractivity contribution >= 4 is 23.2 Å². The molecule has 1 aliphatic rings. The highest BCUT2D eigenvalue weighted by molar-refractivity contribution is 7.17. The topological polar surface area (TPSA) is 62.3 Å². The van der Waals surface area contributed by atoms with Crippen LogP contribution in [0, 0.1) is 31.5 Å². The van der Waals surface area contributed by atoms with Gasteiger partial charge in [0.2, 0.25) is 5.91 Å². The molecule has 0 aliphatic carbocycles. The molecule has 2 aromatic carbocycles. The van der Waals surface area contributed by atoms with Crippen LogP contribution in [0.25, 0.3) is 10.6 Å². The van der Waals surface area contributed by atoms with Gasteiger partial charge < -0.3 is 10.2 Å². The van der Waals surface area contributed by atoms with Crippen LogP contribution in [0.3, 0.4) is 0 Å². The van der Waals surface area contributed by atoms with Crippen molar-refractivity contribution in [2.24, 2.45) is 11.8 Å². The Morgan fingerprint density at radius 2 is 1.79 bits per heavy atom. The van der Waals surface area contributed by atoms with Gasteiger partial charge in [0.15, 0.2) is 0 Å². The SMILES string of the molecule is Cc1ccccc1CNC(=O)[C@H](C)C1CCN(C(=O)c2sc(-c3ccc(F)cc3)nc2C)CC1. The Morgan fingerprint density at radius 1 is 1.12 bits per heavy atom. The molecule has 7 heteroatoms. The van der Waals surface area contributed by atoms with Gasteiger partial charge in [-0.05, 0) is 68.0 Å².